The average Bonchev–Trinajstić information content (AvgIpc) is 3.10. The molecule has 0 unspecified atom stereocenters. The van der Waals surface area contributed by atoms with E-state index in [9.17, 15) is 5.11 Å². The zero-order chi connectivity index (χ0) is 32.4. The number of rotatable bonds is 16. The van der Waals surface area contributed by atoms with Gasteiger partial charge in [0.15, 0.2) is 11.6 Å². The highest BCUT2D eigenvalue weighted by Crippen LogP contribution is 2.38. The van der Waals surface area contributed by atoms with Crippen molar-refractivity contribution in [2.24, 2.45) is 0 Å². The Kier molecular flexibility index (Phi) is 10.8. The van der Waals surface area contributed by atoms with E-state index in [1.165, 1.54) is 67.5 Å². The second-order valence-corrected chi connectivity index (χ2v) is 12.3. The summed E-state index contributed by atoms with van der Waals surface area (Å²) in [6, 6.07) is 28.8. The second-order valence-electron chi connectivity index (χ2n) is 12.3. The van der Waals surface area contributed by atoms with Crippen LogP contribution in [0.15, 0.2) is 84.9 Å². The van der Waals surface area contributed by atoms with E-state index in [-0.39, 0.29) is 11.8 Å². The van der Waals surface area contributed by atoms with Crippen molar-refractivity contribution in [3.8, 4) is 40.3 Å². The Morgan fingerprint density at radius 2 is 1.17 bits per heavy atom. The van der Waals surface area contributed by atoms with Crippen LogP contribution < -0.4 is 9.47 Å². The summed E-state index contributed by atoms with van der Waals surface area (Å²) in [6.45, 7) is 5.20. The fourth-order valence-electron chi connectivity index (χ4n) is 6.41. The van der Waals surface area contributed by atoms with Crippen LogP contribution >= 0.6 is 0 Å². The molecule has 1 aromatic heterocycles. The molecule has 0 aliphatic rings. The maximum atomic E-state index is 11.1. The van der Waals surface area contributed by atoms with Crippen molar-refractivity contribution in [1.29, 1.82) is 0 Å². The lowest BCUT2D eigenvalue weighted by molar-refractivity contribution is 0.302. The largest absolute Gasteiger partial charge is 0.507 e. The maximum absolute atomic E-state index is 11.1. The number of phenolic OH excluding ortho intramolecular Hbond substituents is 1. The van der Waals surface area contributed by atoms with E-state index < -0.39 is 0 Å². The molecular formula is C41H45N3O3. The van der Waals surface area contributed by atoms with E-state index in [0.29, 0.717) is 36.2 Å². The Balaban J connectivity index is 1.23. The first-order valence-electron chi connectivity index (χ1n) is 17.3. The molecule has 0 bridgehead atoms. The Morgan fingerprint density at radius 3 is 1.89 bits per heavy atom. The minimum absolute atomic E-state index is 0.0551. The molecule has 0 saturated carbocycles. The molecule has 0 radical (unpaired) electrons. The quantitative estimate of drug-likeness (QED) is 0.0850. The molecule has 0 saturated heterocycles. The fraction of sp³-hybridized carbons (Fsp3) is 0.341. The summed E-state index contributed by atoms with van der Waals surface area (Å²) in [6.07, 6.45) is 12.8. The van der Waals surface area contributed by atoms with Gasteiger partial charge in [-0.1, -0.05) is 125 Å². The minimum atomic E-state index is 0.0551. The minimum Gasteiger partial charge on any atom is -0.507 e. The number of hydrogen-bond donors (Lipinski definition) is 1. The van der Waals surface area contributed by atoms with Gasteiger partial charge in [0.05, 0.1) is 18.8 Å². The van der Waals surface area contributed by atoms with Gasteiger partial charge >= 0.3 is 6.01 Å². The highest BCUT2D eigenvalue weighted by molar-refractivity contribution is 6.20. The van der Waals surface area contributed by atoms with Crippen LogP contribution in [0.4, 0.5) is 0 Å². The third-order valence-electron chi connectivity index (χ3n) is 8.87. The van der Waals surface area contributed by atoms with Gasteiger partial charge in [-0.05, 0) is 63.9 Å². The molecule has 5 aromatic carbocycles. The molecule has 0 aliphatic carbocycles. The van der Waals surface area contributed by atoms with Gasteiger partial charge in [0.1, 0.15) is 11.5 Å². The van der Waals surface area contributed by atoms with Gasteiger partial charge in [-0.3, -0.25) is 0 Å². The van der Waals surface area contributed by atoms with Crippen LogP contribution in [0.1, 0.15) is 78.1 Å². The zero-order valence-corrected chi connectivity index (χ0v) is 27.7. The highest BCUT2D eigenvalue weighted by atomic mass is 16.5. The topological polar surface area (TPSA) is 77.4 Å². The number of ether oxygens (including phenoxy) is 2. The molecule has 6 aromatic rings. The number of nitrogens with zero attached hydrogens (tertiary/aromatic N) is 3. The van der Waals surface area contributed by atoms with E-state index in [0.717, 1.165) is 34.6 Å². The second kappa shape index (κ2) is 15.7. The molecule has 0 atom stereocenters. The lowest BCUT2D eigenvalue weighted by atomic mass is 9.93. The lowest BCUT2D eigenvalue weighted by Gasteiger charge is -2.14. The first-order chi connectivity index (χ1) is 23.2. The summed E-state index contributed by atoms with van der Waals surface area (Å²) in [5.41, 5.74) is 1.38. The molecule has 1 heterocycles. The number of hydrogen-bond acceptors (Lipinski definition) is 6. The van der Waals surface area contributed by atoms with Crippen LogP contribution in [-0.2, 0) is 0 Å². The molecule has 1 N–H and O–H groups in total. The van der Waals surface area contributed by atoms with Crippen molar-refractivity contribution >= 4 is 32.3 Å². The van der Waals surface area contributed by atoms with Gasteiger partial charge in [-0.2, -0.15) is 9.97 Å². The predicted molar refractivity (Wildman–Crippen MR) is 193 cm³/mol. The third-order valence-corrected chi connectivity index (χ3v) is 8.87. The summed E-state index contributed by atoms with van der Waals surface area (Å²) in [7, 11) is 0. The van der Waals surface area contributed by atoms with Gasteiger partial charge in [0.2, 0.25) is 0 Å². The van der Waals surface area contributed by atoms with Crippen LogP contribution in [0, 0.1) is 0 Å². The van der Waals surface area contributed by atoms with Crippen molar-refractivity contribution in [2.45, 2.75) is 78.1 Å². The molecule has 0 amide bonds. The van der Waals surface area contributed by atoms with Crippen LogP contribution in [0.3, 0.4) is 0 Å². The summed E-state index contributed by atoms with van der Waals surface area (Å²) >= 11 is 0. The van der Waals surface area contributed by atoms with Gasteiger partial charge < -0.3 is 14.6 Å². The summed E-state index contributed by atoms with van der Waals surface area (Å²) in [5.74, 6) is 1.53. The summed E-state index contributed by atoms with van der Waals surface area (Å²) in [4.78, 5) is 14.2. The molecule has 6 heteroatoms. The number of phenols is 1. The van der Waals surface area contributed by atoms with Gasteiger partial charge in [0.25, 0.3) is 0 Å². The van der Waals surface area contributed by atoms with Crippen molar-refractivity contribution in [3.05, 3.63) is 84.9 Å². The maximum Gasteiger partial charge on any atom is 0.320 e. The first kappa shape index (κ1) is 32.2. The monoisotopic (exact) mass is 627 g/mol. The van der Waals surface area contributed by atoms with Crippen molar-refractivity contribution in [2.75, 3.05) is 13.2 Å². The van der Waals surface area contributed by atoms with Crippen molar-refractivity contribution in [1.82, 2.24) is 15.0 Å². The van der Waals surface area contributed by atoms with Crippen LogP contribution in [0.2, 0.25) is 0 Å². The van der Waals surface area contributed by atoms with E-state index in [1.807, 2.05) is 25.1 Å². The van der Waals surface area contributed by atoms with E-state index in [4.69, 9.17) is 19.4 Å². The fourth-order valence-corrected chi connectivity index (χ4v) is 6.41. The molecule has 0 spiro atoms. The SMILES string of the molecule is CCCCCCCCCCCCOc1ccc(-c2nc(OCC)nc(-c3cc4c5ccccc5ccc4c4ccccc34)n2)c(O)c1. The molecule has 6 rings (SSSR count). The summed E-state index contributed by atoms with van der Waals surface area (Å²) < 4.78 is 11.8. The van der Waals surface area contributed by atoms with E-state index in [2.05, 4.69) is 72.6 Å². The van der Waals surface area contributed by atoms with Gasteiger partial charge in [-0.25, -0.2) is 4.98 Å². The number of aromatic hydroxyl groups is 1. The number of fused-ring (bicyclic) bond motifs is 5. The molecule has 242 valence electrons. The molecular weight excluding hydrogens is 582 g/mol. The highest BCUT2D eigenvalue weighted by Gasteiger charge is 2.18. The first-order valence-corrected chi connectivity index (χ1v) is 17.3. The Labute approximate surface area is 277 Å². The smallest absolute Gasteiger partial charge is 0.320 e. The number of unbranched alkanes of at least 4 members (excludes halogenated alkanes) is 9. The normalized spacial score (nSPS) is 11.4. The summed E-state index contributed by atoms with van der Waals surface area (Å²) in [5, 5.41) is 17.9. The molecule has 47 heavy (non-hydrogen) atoms. The van der Waals surface area contributed by atoms with Crippen molar-refractivity contribution in [3.63, 3.8) is 0 Å². The van der Waals surface area contributed by atoms with Crippen LogP contribution in [0.25, 0.3) is 55.1 Å². The Hall–Kier alpha value is -4.71. The lowest BCUT2D eigenvalue weighted by Crippen LogP contribution is -2.04. The zero-order valence-electron chi connectivity index (χ0n) is 27.7. The number of benzene rings is 5. The molecule has 0 fully saturated rings. The Bertz CT molecular complexity index is 1950. The van der Waals surface area contributed by atoms with Gasteiger partial charge in [0, 0.05) is 11.6 Å². The van der Waals surface area contributed by atoms with Crippen LogP contribution in [-0.4, -0.2) is 33.3 Å². The van der Waals surface area contributed by atoms with E-state index in [1.54, 1.807) is 6.07 Å². The van der Waals surface area contributed by atoms with Crippen LogP contribution in [0.5, 0.6) is 17.5 Å². The van der Waals surface area contributed by atoms with Gasteiger partial charge in [-0.15, -0.1) is 0 Å². The predicted octanol–water partition coefficient (Wildman–Crippen LogP) is 11.1. The molecule has 6 nitrogen and oxygen atoms in total. The van der Waals surface area contributed by atoms with E-state index >= 15 is 0 Å². The molecule has 0 aliphatic heterocycles. The standard InChI is InChI=1S/C41H45N3O3/c1-3-5-6-7-8-9-10-11-12-17-26-47-30-23-25-35(38(45)27-30)39-42-40(44-41(43-39)46-4-2)37-28-36-31-19-14-13-18-29(31)22-24-34(36)32-20-15-16-21-33(32)37/h13-16,18-25,27-28,45H,3-12,17,26H2,1-2H3. The number of aromatic nitrogens is 3. The third kappa shape index (κ3) is 7.65. The average molecular weight is 628 g/mol. The Morgan fingerprint density at radius 1 is 0.532 bits per heavy atom. The van der Waals surface area contributed by atoms with Crippen molar-refractivity contribution < 1.29 is 14.6 Å².